The Balaban J connectivity index is 2.22. The number of amidine groups is 1. The van der Waals surface area contributed by atoms with Crippen molar-refractivity contribution in [2.45, 2.75) is 91.8 Å². The maximum atomic E-state index is 12.3. The Hall–Kier alpha value is -3.15. The number of rotatable bonds is 4. The molecule has 2 amide bonds. The first-order valence-corrected chi connectivity index (χ1v) is 12.0. The first kappa shape index (κ1) is 28.1. The molecule has 35 heavy (non-hydrogen) atoms. The molecule has 0 aliphatic heterocycles. The third-order valence-electron chi connectivity index (χ3n) is 4.90. The van der Waals surface area contributed by atoms with Crippen LogP contribution in [0.15, 0.2) is 53.5 Å². The molecule has 1 N–H and O–H groups in total. The number of carbonyl (C=O) groups is 2. The predicted molar refractivity (Wildman–Crippen MR) is 142 cm³/mol. The molecule has 0 aromatic heterocycles. The van der Waals surface area contributed by atoms with E-state index in [0.29, 0.717) is 12.8 Å². The smallest absolute Gasteiger partial charge is 0.435 e. The van der Waals surface area contributed by atoms with Crippen LogP contribution in [-0.2, 0) is 21.3 Å². The van der Waals surface area contributed by atoms with E-state index < -0.39 is 23.4 Å². The third kappa shape index (κ3) is 10.3. The summed E-state index contributed by atoms with van der Waals surface area (Å²) in [5.41, 5.74) is 3.30. The number of nitrogens with one attached hydrogen (secondary N) is 1. The zero-order chi connectivity index (χ0) is 26.4. The second-order valence-electron chi connectivity index (χ2n) is 11.7. The van der Waals surface area contributed by atoms with Gasteiger partial charge in [0, 0.05) is 6.42 Å². The van der Waals surface area contributed by atoms with Crippen molar-refractivity contribution in [3.63, 3.8) is 0 Å². The number of hydrogen-bond donors (Lipinski definition) is 1. The molecule has 0 saturated carbocycles. The molecule has 0 atom stereocenters. The SMILES string of the molecule is CC(C)(C)OC(=O)N=C(CCc1cccc(-c2cccc(C(C)(C)C)c2)c1)NC(=O)OC(C)(C)C. The maximum Gasteiger partial charge on any atom is 0.435 e. The summed E-state index contributed by atoms with van der Waals surface area (Å²) >= 11 is 0. The van der Waals surface area contributed by atoms with Gasteiger partial charge in [-0.25, -0.2) is 9.59 Å². The van der Waals surface area contributed by atoms with Gasteiger partial charge in [0.25, 0.3) is 0 Å². The predicted octanol–water partition coefficient (Wildman–Crippen LogP) is 7.44. The van der Waals surface area contributed by atoms with Crippen molar-refractivity contribution in [1.82, 2.24) is 5.32 Å². The summed E-state index contributed by atoms with van der Waals surface area (Å²) in [6.07, 6.45) is -0.502. The van der Waals surface area contributed by atoms with Gasteiger partial charge in [-0.05, 0) is 75.6 Å². The molecule has 0 aliphatic carbocycles. The molecule has 0 fully saturated rings. The van der Waals surface area contributed by atoms with Gasteiger partial charge in [-0.15, -0.1) is 0 Å². The van der Waals surface area contributed by atoms with Crippen LogP contribution in [0.1, 0.15) is 79.9 Å². The lowest BCUT2D eigenvalue weighted by Gasteiger charge is -2.21. The average molecular weight is 481 g/mol. The fourth-order valence-electron chi connectivity index (χ4n) is 3.30. The summed E-state index contributed by atoms with van der Waals surface area (Å²) in [7, 11) is 0. The Morgan fingerprint density at radius 3 is 1.94 bits per heavy atom. The Bertz CT molecular complexity index is 1070. The topological polar surface area (TPSA) is 77.0 Å². The van der Waals surface area contributed by atoms with Crippen LogP contribution in [0.2, 0.25) is 0 Å². The fourth-order valence-corrected chi connectivity index (χ4v) is 3.30. The van der Waals surface area contributed by atoms with E-state index in [0.717, 1.165) is 16.7 Å². The summed E-state index contributed by atoms with van der Waals surface area (Å²) in [5, 5.41) is 2.62. The monoisotopic (exact) mass is 480 g/mol. The van der Waals surface area contributed by atoms with E-state index in [4.69, 9.17) is 9.47 Å². The van der Waals surface area contributed by atoms with Gasteiger partial charge in [0.15, 0.2) is 0 Å². The number of amides is 2. The molecule has 0 heterocycles. The highest BCUT2D eigenvalue weighted by Crippen LogP contribution is 2.28. The average Bonchev–Trinajstić information content (AvgIpc) is 2.69. The van der Waals surface area contributed by atoms with Crippen LogP contribution in [0.5, 0.6) is 0 Å². The van der Waals surface area contributed by atoms with Crippen molar-refractivity contribution in [1.29, 1.82) is 0 Å². The summed E-state index contributed by atoms with van der Waals surface area (Å²) in [5.74, 6) is 0.202. The number of aryl methyl sites for hydroxylation is 1. The molecule has 0 radical (unpaired) electrons. The zero-order valence-electron chi connectivity index (χ0n) is 22.6. The quantitative estimate of drug-likeness (QED) is 0.364. The zero-order valence-corrected chi connectivity index (χ0v) is 22.6. The molecular weight excluding hydrogens is 440 g/mol. The highest BCUT2D eigenvalue weighted by molar-refractivity contribution is 6.00. The normalized spacial score (nSPS) is 12.8. The Morgan fingerprint density at radius 1 is 0.800 bits per heavy atom. The minimum Gasteiger partial charge on any atom is -0.444 e. The van der Waals surface area contributed by atoms with E-state index in [9.17, 15) is 9.59 Å². The summed E-state index contributed by atoms with van der Waals surface area (Å²) < 4.78 is 10.6. The third-order valence-corrected chi connectivity index (χ3v) is 4.90. The highest BCUT2D eigenvalue weighted by atomic mass is 16.6. The van der Waals surface area contributed by atoms with Gasteiger partial charge in [-0.2, -0.15) is 4.99 Å². The number of nitrogens with zero attached hydrogens (tertiary/aromatic N) is 1. The van der Waals surface area contributed by atoms with E-state index in [1.165, 1.54) is 5.56 Å². The first-order chi connectivity index (χ1) is 16.0. The van der Waals surface area contributed by atoms with Crippen molar-refractivity contribution < 1.29 is 19.1 Å². The van der Waals surface area contributed by atoms with Crippen LogP contribution < -0.4 is 5.32 Å². The maximum absolute atomic E-state index is 12.3. The molecule has 6 nitrogen and oxygen atoms in total. The van der Waals surface area contributed by atoms with Crippen LogP contribution in [0.4, 0.5) is 9.59 Å². The van der Waals surface area contributed by atoms with E-state index in [1.807, 2.05) is 12.1 Å². The van der Waals surface area contributed by atoms with E-state index in [-0.39, 0.29) is 11.3 Å². The molecule has 0 aliphatic rings. The van der Waals surface area contributed by atoms with Gasteiger partial charge in [0.2, 0.25) is 0 Å². The van der Waals surface area contributed by atoms with E-state index in [2.05, 4.69) is 67.5 Å². The van der Waals surface area contributed by atoms with Crippen molar-refractivity contribution in [3.05, 3.63) is 59.7 Å². The van der Waals surface area contributed by atoms with Gasteiger partial charge in [0.05, 0.1) is 0 Å². The molecule has 190 valence electrons. The number of alkyl carbamates (subject to hydrolysis) is 1. The number of benzene rings is 2. The number of carbonyl (C=O) groups excluding carboxylic acids is 2. The minimum atomic E-state index is -0.753. The molecule has 0 spiro atoms. The Morgan fingerprint density at radius 2 is 1.37 bits per heavy atom. The first-order valence-electron chi connectivity index (χ1n) is 12.0. The number of ether oxygens (including phenoxy) is 2. The van der Waals surface area contributed by atoms with Gasteiger partial charge in [0.1, 0.15) is 17.0 Å². The summed E-state index contributed by atoms with van der Waals surface area (Å²) in [6, 6.07) is 16.8. The van der Waals surface area contributed by atoms with Crippen molar-refractivity contribution in [3.8, 4) is 11.1 Å². The van der Waals surface area contributed by atoms with Crippen molar-refractivity contribution in [2.24, 2.45) is 4.99 Å². The number of aliphatic imine (C=N–C) groups is 1. The Kier molecular flexibility index (Phi) is 8.88. The van der Waals surface area contributed by atoms with Gasteiger partial charge >= 0.3 is 12.2 Å². The molecule has 2 aromatic rings. The second kappa shape index (κ2) is 11.1. The van der Waals surface area contributed by atoms with Crippen molar-refractivity contribution in [2.75, 3.05) is 0 Å². The van der Waals surface area contributed by atoms with Gasteiger partial charge in [-0.1, -0.05) is 69.3 Å². The van der Waals surface area contributed by atoms with E-state index >= 15 is 0 Å². The number of hydrogen-bond acceptors (Lipinski definition) is 4. The lowest BCUT2D eigenvalue weighted by Crippen LogP contribution is -2.37. The van der Waals surface area contributed by atoms with E-state index in [1.54, 1.807) is 41.5 Å². The molecule has 0 saturated heterocycles. The molecular formula is C29H40N2O4. The molecule has 2 aromatic carbocycles. The van der Waals surface area contributed by atoms with Crippen LogP contribution in [0, 0.1) is 0 Å². The van der Waals surface area contributed by atoms with Gasteiger partial charge < -0.3 is 9.47 Å². The van der Waals surface area contributed by atoms with Crippen LogP contribution in [-0.4, -0.2) is 29.2 Å². The summed E-state index contributed by atoms with van der Waals surface area (Å²) in [4.78, 5) is 28.6. The highest BCUT2D eigenvalue weighted by Gasteiger charge is 2.20. The van der Waals surface area contributed by atoms with Crippen LogP contribution >= 0.6 is 0 Å². The molecule has 6 heteroatoms. The van der Waals surface area contributed by atoms with Crippen molar-refractivity contribution >= 4 is 18.0 Å². The minimum absolute atomic E-state index is 0.0635. The Labute approximate surface area is 210 Å². The van der Waals surface area contributed by atoms with Crippen LogP contribution in [0.3, 0.4) is 0 Å². The largest absolute Gasteiger partial charge is 0.444 e. The summed E-state index contributed by atoms with van der Waals surface area (Å²) in [6.45, 7) is 17.2. The fraction of sp³-hybridized carbons (Fsp3) is 0.483. The lowest BCUT2D eigenvalue weighted by atomic mass is 9.85. The lowest BCUT2D eigenvalue weighted by molar-refractivity contribution is 0.0561. The second-order valence-corrected chi connectivity index (χ2v) is 11.7. The standard InChI is InChI=1S/C29H40N2O4/c1-27(2,3)23-15-11-14-22(19-23)21-13-10-12-20(18-21)16-17-24(30-25(32)34-28(4,5)6)31-26(33)35-29(7,8)9/h10-15,18-19H,16-17H2,1-9H3,(H,30,31,32,33). The molecule has 2 rings (SSSR count). The van der Waals surface area contributed by atoms with Crippen LogP contribution in [0.25, 0.3) is 11.1 Å². The molecule has 0 bridgehead atoms. The van der Waals surface area contributed by atoms with Gasteiger partial charge in [-0.3, -0.25) is 5.32 Å². The molecule has 0 unspecified atom stereocenters.